The summed E-state index contributed by atoms with van der Waals surface area (Å²) in [5.41, 5.74) is 0.159. The van der Waals surface area contributed by atoms with Crippen LogP contribution in [0, 0.1) is 36.9 Å². The van der Waals surface area contributed by atoms with Gasteiger partial charge in [0, 0.05) is 49.1 Å². The van der Waals surface area contributed by atoms with E-state index < -0.39 is 5.60 Å². The number of aliphatic hydroxyl groups is 1. The first-order valence-corrected chi connectivity index (χ1v) is 4.28. The summed E-state index contributed by atoms with van der Waals surface area (Å²) in [5.74, 6) is 0. The fraction of sp³-hybridized carbons (Fsp3) is 0.889. The van der Waals surface area contributed by atoms with Crippen molar-refractivity contribution in [1.82, 2.24) is 0 Å². The van der Waals surface area contributed by atoms with Crippen LogP contribution in [0.5, 0.6) is 0 Å². The maximum atomic E-state index is 9.78. The topological polar surface area (TPSA) is 32.6 Å². The quantitative estimate of drug-likeness (QED) is 0.785. The minimum absolute atomic E-state index is 0. The van der Waals surface area contributed by atoms with Crippen molar-refractivity contribution in [3.8, 4) is 0 Å². The van der Waals surface area contributed by atoms with Gasteiger partial charge < -0.3 is 5.11 Å². The first-order valence-electron chi connectivity index (χ1n) is 4.28. The third kappa shape index (κ3) is 5.50. The van der Waals surface area contributed by atoms with E-state index in [2.05, 4.69) is 11.9 Å². The number of aliphatic imine (C=N–C) groups is 1. The minimum atomic E-state index is -0.690. The van der Waals surface area contributed by atoms with Crippen LogP contribution in [0.25, 0.3) is 0 Å². The van der Waals surface area contributed by atoms with Crippen molar-refractivity contribution in [2.45, 2.75) is 46.1 Å². The summed E-state index contributed by atoms with van der Waals surface area (Å²) in [5, 5.41) is 9.78. The predicted octanol–water partition coefficient (Wildman–Crippen LogP) is 2.02. The molecule has 0 saturated carbocycles. The Kier molecular flexibility index (Phi) is 9.31. The molecule has 12 heavy (non-hydrogen) atoms. The standard InChI is InChI=1S/C9H19NO.Lu/c1-5-7-9(4,11)8(3)10-6-2;/h11H,5-7H2,1-4H3;. The molecule has 0 rings (SSSR count). The summed E-state index contributed by atoms with van der Waals surface area (Å²) in [7, 11) is 0. The summed E-state index contributed by atoms with van der Waals surface area (Å²) < 4.78 is 0. The van der Waals surface area contributed by atoms with Crippen molar-refractivity contribution in [3.05, 3.63) is 0 Å². The molecule has 0 saturated heterocycles. The Bertz CT molecular complexity index is 143. The fourth-order valence-corrected chi connectivity index (χ4v) is 1.08. The van der Waals surface area contributed by atoms with Crippen LogP contribution in [0.2, 0.25) is 0 Å². The molecule has 1 N–H and O–H groups in total. The van der Waals surface area contributed by atoms with Crippen LogP contribution in [-0.4, -0.2) is 23.0 Å². The van der Waals surface area contributed by atoms with Gasteiger partial charge in [0.05, 0.1) is 5.60 Å². The molecule has 0 aromatic rings. The van der Waals surface area contributed by atoms with Crippen molar-refractivity contribution < 1.29 is 42.0 Å². The molecule has 81 valence electrons. The van der Waals surface area contributed by atoms with Crippen molar-refractivity contribution in [3.63, 3.8) is 0 Å². The molecular weight excluding hydrogens is 313 g/mol. The minimum Gasteiger partial charge on any atom is -0.384 e. The predicted molar refractivity (Wildman–Crippen MR) is 49.2 cm³/mol. The van der Waals surface area contributed by atoms with Gasteiger partial charge in [-0.25, -0.2) is 0 Å². The van der Waals surface area contributed by atoms with Crippen molar-refractivity contribution in [2.24, 2.45) is 4.99 Å². The molecule has 0 aliphatic heterocycles. The molecule has 3 heteroatoms. The SMILES string of the molecule is CCCC(C)(O)C(C)=NCC.[Lu]. The molecule has 0 spiro atoms. The molecular formula is C9H19LuNO. The largest absolute Gasteiger partial charge is 0.384 e. The van der Waals surface area contributed by atoms with Crippen LogP contribution < -0.4 is 0 Å². The second-order valence-electron chi connectivity index (χ2n) is 3.08. The number of rotatable bonds is 4. The van der Waals surface area contributed by atoms with Gasteiger partial charge in [-0.1, -0.05) is 13.3 Å². The van der Waals surface area contributed by atoms with E-state index in [1.54, 1.807) is 0 Å². The molecule has 1 radical (unpaired) electrons. The summed E-state index contributed by atoms with van der Waals surface area (Å²) >= 11 is 0. The van der Waals surface area contributed by atoms with Gasteiger partial charge in [0.15, 0.2) is 0 Å². The summed E-state index contributed by atoms with van der Waals surface area (Å²) in [4.78, 5) is 4.18. The van der Waals surface area contributed by atoms with Crippen molar-refractivity contribution >= 4 is 5.71 Å². The zero-order valence-corrected chi connectivity index (χ0v) is 9.93. The fourth-order valence-electron chi connectivity index (χ4n) is 1.08. The molecule has 2 nitrogen and oxygen atoms in total. The van der Waals surface area contributed by atoms with E-state index in [4.69, 9.17) is 0 Å². The van der Waals surface area contributed by atoms with Crippen LogP contribution in [0.4, 0.5) is 0 Å². The summed E-state index contributed by atoms with van der Waals surface area (Å²) in [6.07, 6.45) is 1.78. The van der Waals surface area contributed by atoms with E-state index in [1.807, 2.05) is 20.8 Å². The Morgan fingerprint density at radius 3 is 2.25 bits per heavy atom. The maximum absolute atomic E-state index is 9.78. The van der Waals surface area contributed by atoms with Gasteiger partial charge in [0.2, 0.25) is 0 Å². The molecule has 0 aliphatic carbocycles. The van der Waals surface area contributed by atoms with Gasteiger partial charge >= 0.3 is 0 Å². The molecule has 0 heterocycles. The number of hydrogen-bond acceptors (Lipinski definition) is 2. The average Bonchev–Trinajstić information content (AvgIpc) is 1.88. The first-order chi connectivity index (χ1) is 5.04. The van der Waals surface area contributed by atoms with E-state index in [1.165, 1.54) is 0 Å². The molecule has 0 amide bonds. The van der Waals surface area contributed by atoms with Crippen LogP contribution in [-0.2, 0) is 0 Å². The first kappa shape index (κ1) is 15.3. The average molecular weight is 332 g/mol. The molecule has 0 aromatic heterocycles. The molecule has 0 aromatic carbocycles. The van der Waals surface area contributed by atoms with Gasteiger partial charge in [-0.15, -0.1) is 0 Å². The molecule has 1 atom stereocenters. The Morgan fingerprint density at radius 2 is 1.92 bits per heavy atom. The molecule has 0 bridgehead atoms. The number of hydrogen-bond donors (Lipinski definition) is 1. The summed E-state index contributed by atoms with van der Waals surface area (Å²) in [6.45, 7) is 8.51. The van der Waals surface area contributed by atoms with Crippen molar-refractivity contribution in [2.75, 3.05) is 6.54 Å². The van der Waals surface area contributed by atoms with Gasteiger partial charge in [0.25, 0.3) is 0 Å². The zero-order chi connectivity index (χ0) is 8.91. The zero-order valence-electron chi connectivity index (χ0n) is 8.27. The van der Waals surface area contributed by atoms with Crippen LogP contribution in [0.15, 0.2) is 4.99 Å². The number of nitrogens with zero attached hydrogens (tertiary/aromatic N) is 1. The van der Waals surface area contributed by atoms with Gasteiger partial charge in [-0.3, -0.25) is 4.99 Å². The monoisotopic (exact) mass is 332 g/mol. The normalized spacial score (nSPS) is 16.6. The molecule has 1 unspecified atom stereocenters. The van der Waals surface area contributed by atoms with E-state index in [9.17, 15) is 5.11 Å². The van der Waals surface area contributed by atoms with E-state index in [0.717, 1.165) is 25.1 Å². The van der Waals surface area contributed by atoms with E-state index in [-0.39, 0.29) is 36.9 Å². The smallest absolute Gasteiger partial charge is 0.0991 e. The van der Waals surface area contributed by atoms with E-state index in [0.29, 0.717) is 0 Å². The Labute approximate surface area is 105 Å². The maximum Gasteiger partial charge on any atom is 0.0991 e. The second-order valence-corrected chi connectivity index (χ2v) is 3.08. The Morgan fingerprint density at radius 1 is 1.42 bits per heavy atom. The second kappa shape index (κ2) is 7.28. The third-order valence-electron chi connectivity index (χ3n) is 1.91. The van der Waals surface area contributed by atoms with Crippen molar-refractivity contribution in [1.29, 1.82) is 0 Å². The third-order valence-corrected chi connectivity index (χ3v) is 1.91. The molecule has 0 aliphatic rings. The molecule has 0 fully saturated rings. The van der Waals surface area contributed by atoms with Gasteiger partial charge in [-0.05, 0) is 27.2 Å². The van der Waals surface area contributed by atoms with Crippen LogP contribution in [0.3, 0.4) is 0 Å². The summed E-state index contributed by atoms with van der Waals surface area (Å²) in [6, 6.07) is 0. The van der Waals surface area contributed by atoms with Crippen LogP contribution >= 0.6 is 0 Å². The van der Waals surface area contributed by atoms with Crippen LogP contribution in [0.1, 0.15) is 40.5 Å². The van der Waals surface area contributed by atoms with Gasteiger partial charge in [0.1, 0.15) is 0 Å². The van der Waals surface area contributed by atoms with Gasteiger partial charge in [-0.2, -0.15) is 0 Å². The Balaban J connectivity index is 0. The Hall–Kier alpha value is 0.864. The van der Waals surface area contributed by atoms with E-state index >= 15 is 0 Å².